The van der Waals surface area contributed by atoms with E-state index in [1.54, 1.807) is 0 Å². The molecule has 0 aromatic carbocycles. The molecule has 1 saturated heterocycles. The SMILES string of the molecule is O=C(O)[C@H]1CCCC[C@@H]1C(=O)N1CCN(C2CCCCC2)CC1. The van der Waals surface area contributed by atoms with Gasteiger partial charge in [0.1, 0.15) is 0 Å². The molecular weight excluding hydrogens is 292 g/mol. The minimum Gasteiger partial charge on any atom is -0.481 e. The lowest BCUT2D eigenvalue weighted by molar-refractivity contribution is -0.153. The van der Waals surface area contributed by atoms with Gasteiger partial charge in [0.25, 0.3) is 0 Å². The van der Waals surface area contributed by atoms with Crippen molar-refractivity contribution in [3.63, 3.8) is 0 Å². The van der Waals surface area contributed by atoms with E-state index in [1.807, 2.05) is 4.90 Å². The van der Waals surface area contributed by atoms with Gasteiger partial charge in [0.05, 0.1) is 11.8 Å². The second kappa shape index (κ2) is 7.65. The van der Waals surface area contributed by atoms with Crippen LogP contribution in [-0.4, -0.2) is 59.0 Å². The van der Waals surface area contributed by atoms with E-state index in [2.05, 4.69) is 4.90 Å². The van der Waals surface area contributed by atoms with Gasteiger partial charge in [-0.1, -0.05) is 32.1 Å². The first-order valence-electron chi connectivity index (χ1n) is 9.42. The number of piperazine rings is 1. The van der Waals surface area contributed by atoms with Gasteiger partial charge in [0.15, 0.2) is 0 Å². The third kappa shape index (κ3) is 3.87. The van der Waals surface area contributed by atoms with E-state index in [4.69, 9.17) is 0 Å². The van der Waals surface area contributed by atoms with Crippen LogP contribution in [0.3, 0.4) is 0 Å². The van der Waals surface area contributed by atoms with Crippen LogP contribution in [0, 0.1) is 11.8 Å². The minimum absolute atomic E-state index is 0.0976. The molecule has 3 fully saturated rings. The van der Waals surface area contributed by atoms with Crippen molar-refractivity contribution in [3.8, 4) is 0 Å². The first kappa shape index (κ1) is 16.7. The minimum atomic E-state index is -0.788. The summed E-state index contributed by atoms with van der Waals surface area (Å²) in [7, 11) is 0. The summed E-state index contributed by atoms with van der Waals surface area (Å²) in [5.41, 5.74) is 0. The van der Waals surface area contributed by atoms with Gasteiger partial charge in [0.2, 0.25) is 5.91 Å². The molecule has 1 N–H and O–H groups in total. The Morgan fingerprint density at radius 1 is 0.739 bits per heavy atom. The van der Waals surface area contributed by atoms with E-state index in [0.29, 0.717) is 12.5 Å². The van der Waals surface area contributed by atoms with Crippen molar-refractivity contribution in [1.82, 2.24) is 9.80 Å². The summed E-state index contributed by atoms with van der Waals surface area (Å²) in [4.78, 5) is 28.7. The van der Waals surface area contributed by atoms with Crippen molar-refractivity contribution >= 4 is 11.9 Å². The lowest BCUT2D eigenvalue weighted by Crippen LogP contribution is -2.54. The number of rotatable bonds is 3. The van der Waals surface area contributed by atoms with Crippen LogP contribution in [0.2, 0.25) is 0 Å². The maximum absolute atomic E-state index is 12.8. The number of amides is 1. The van der Waals surface area contributed by atoms with Crippen LogP contribution < -0.4 is 0 Å². The lowest BCUT2D eigenvalue weighted by atomic mass is 9.78. The Morgan fingerprint density at radius 3 is 1.91 bits per heavy atom. The van der Waals surface area contributed by atoms with Crippen LogP contribution in [-0.2, 0) is 9.59 Å². The van der Waals surface area contributed by atoms with Crippen molar-refractivity contribution in [2.24, 2.45) is 11.8 Å². The van der Waals surface area contributed by atoms with Crippen LogP contribution in [0.25, 0.3) is 0 Å². The van der Waals surface area contributed by atoms with Crippen molar-refractivity contribution in [2.75, 3.05) is 26.2 Å². The molecule has 0 bridgehead atoms. The topological polar surface area (TPSA) is 60.9 Å². The molecular formula is C18H30N2O3. The molecule has 0 aromatic rings. The van der Waals surface area contributed by atoms with E-state index < -0.39 is 11.9 Å². The maximum atomic E-state index is 12.8. The lowest BCUT2D eigenvalue weighted by Gasteiger charge is -2.42. The predicted octanol–water partition coefficient (Wildman–Crippen LogP) is 2.35. The summed E-state index contributed by atoms with van der Waals surface area (Å²) in [6, 6.07) is 0.711. The van der Waals surface area contributed by atoms with Gasteiger partial charge >= 0.3 is 5.97 Å². The Bertz CT molecular complexity index is 426. The van der Waals surface area contributed by atoms with Crippen molar-refractivity contribution in [2.45, 2.75) is 63.8 Å². The molecule has 23 heavy (non-hydrogen) atoms. The summed E-state index contributed by atoms with van der Waals surface area (Å²) in [6.07, 6.45) is 9.99. The number of nitrogens with zero attached hydrogens (tertiary/aromatic N) is 2. The summed E-state index contributed by atoms with van der Waals surface area (Å²) in [6.45, 7) is 3.47. The van der Waals surface area contributed by atoms with E-state index in [1.165, 1.54) is 32.1 Å². The highest BCUT2D eigenvalue weighted by Crippen LogP contribution is 2.32. The van der Waals surface area contributed by atoms with Crippen molar-refractivity contribution in [1.29, 1.82) is 0 Å². The second-order valence-electron chi connectivity index (χ2n) is 7.49. The summed E-state index contributed by atoms with van der Waals surface area (Å²) >= 11 is 0. The molecule has 2 aliphatic carbocycles. The monoisotopic (exact) mass is 322 g/mol. The largest absolute Gasteiger partial charge is 0.481 e. The molecule has 0 unspecified atom stereocenters. The normalized spacial score (nSPS) is 31.0. The van der Waals surface area contributed by atoms with Crippen molar-refractivity contribution < 1.29 is 14.7 Å². The zero-order valence-corrected chi connectivity index (χ0v) is 14.1. The van der Waals surface area contributed by atoms with Gasteiger partial charge in [-0.15, -0.1) is 0 Å². The molecule has 0 spiro atoms. The number of carboxylic acid groups (broad SMARTS) is 1. The molecule has 5 nitrogen and oxygen atoms in total. The fraction of sp³-hybridized carbons (Fsp3) is 0.889. The molecule has 1 heterocycles. The zero-order valence-electron chi connectivity index (χ0n) is 14.1. The van der Waals surface area contributed by atoms with Crippen LogP contribution in [0.4, 0.5) is 0 Å². The van der Waals surface area contributed by atoms with Crippen LogP contribution >= 0.6 is 0 Å². The van der Waals surface area contributed by atoms with Crippen LogP contribution in [0.5, 0.6) is 0 Å². The fourth-order valence-electron chi connectivity index (χ4n) is 4.71. The smallest absolute Gasteiger partial charge is 0.307 e. The molecule has 2 atom stereocenters. The maximum Gasteiger partial charge on any atom is 0.307 e. The standard InChI is InChI=1S/C18H30N2O3/c21-17(15-8-4-5-9-16(15)18(22)23)20-12-10-19(11-13-20)14-6-2-1-3-7-14/h14-16H,1-13H2,(H,22,23)/t15-,16-/m0/s1. The highest BCUT2D eigenvalue weighted by atomic mass is 16.4. The number of aliphatic carboxylic acids is 1. The third-order valence-electron chi connectivity index (χ3n) is 6.12. The molecule has 2 saturated carbocycles. The molecule has 130 valence electrons. The number of carbonyl (C=O) groups excluding carboxylic acids is 1. The summed E-state index contributed by atoms with van der Waals surface area (Å²) < 4.78 is 0. The molecule has 3 aliphatic rings. The second-order valence-corrected chi connectivity index (χ2v) is 7.49. The van der Waals surface area contributed by atoms with Gasteiger partial charge in [-0.2, -0.15) is 0 Å². The highest BCUT2D eigenvalue weighted by Gasteiger charge is 2.38. The van der Waals surface area contributed by atoms with Gasteiger partial charge in [0, 0.05) is 32.2 Å². The average Bonchev–Trinajstić information content (AvgIpc) is 2.62. The molecule has 0 radical (unpaired) electrons. The van der Waals surface area contributed by atoms with Crippen LogP contribution in [0.1, 0.15) is 57.8 Å². The Morgan fingerprint density at radius 2 is 1.30 bits per heavy atom. The van der Waals surface area contributed by atoms with E-state index in [-0.39, 0.29) is 11.8 Å². The first-order valence-corrected chi connectivity index (χ1v) is 9.42. The number of hydrogen-bond acceptors (Lipinski definition) is 3. The van der Waals surface area contributed by atoms with E-state index in [9.17, 15) is 14.7 Å². The first-order chi connectivity index (χ1) is 11.2. The van der Waals surface area contributed by atoms with Crippen LogP contribution in [0.15, 0.2) is 0 Å². The predicted molar refractivity (Wildman–Crippen MR) is 88.1 cm³/mol. The highest BCUT2D eigenvalue weighted by molar-refractivity contribution is 5.85. The average molecular weight is 322 g/mol. The molecule has 1 aliphatic heterocycles. The fourth-order valence-corrected chi connectivity index (χ4v) is 4.71. The zero-order chi connectivity index (χ0) is 16.2. The Hall–Kier alpha value is -1.10. The van der Waals surface area contributed by atoms with Crippen molar-refractivity contribution in [3.05, 3.63) is 0 Å². The summed E-state index contributed by atoms with van der Waals surface area (Å²) in [5, 5.41) is 9.39. The quantitative estimate of drug-likeness (QED) is 0.866. The molecule has 3 rings (SSSR count). The number of hydrogen-bond donors (Lipinski definition) is 1. The van der Waals surface area contributed by atoms with E-state index >= 15 is 0 Å². The summed E-state index contributed by atoms with van der Waals surface area (Å²) in [5.74, 6) is -1.45. The Labute approximate surface area is 139 Å². The number of carbonyl (C=O) groups is 2. The molecule has 1 amide bonds. The van der Waals surface area contributed by atoms with Gasteiger partial charge in [-0.05, 0) is 25.7 Å². The van der Waals surface area contributed by atoms with Gasteiger partial charge in [-0.25, -0.2) is 0 Å². The third-order valence-corrected chi connectivity index (χ3v) is 6.12. The van der Waals surface area contributed by atoms with Gasteiger partial charge in [-0.3, -0.25) is 14.5 Å². The number of carboxylic acids is 1. The molecule has 0 aromatic heterocycles. The Balaban J connectivity index is 1.54. The van der Waals surface area contributed by atoms with E-state index in [0.717, 1.165) is 45.4 Å². The Kier molecular flexibility index (Phi) is 5.57. The van der Waals surface area contributed by atoms with Gasteiger partial charge < -0.3 is 10.0 Å². The molecule has 5 heteroatoms.